The van der Waals surface area contributed by atoms with Gasteiger partial charge in [-0.05, 0) is 44.2 Å². The highest BCUT2D eigenvalue weighted by Gasteiger charge is 2.00. The van der Waals surface area contributed by atoms with E-state index in [0.29, 0.717) is 6.67 Å². The molecule has 4 heteroatoms. The van der Waals surface area contributed by atoms with Crippen LogP contribution in [0.15, 0.2) is 30.3 Å². The second kappa shape index (κ2) is 4.35. The molecule has 0 saturated heterocycles. The van der Waals surface area contributed by atoms with E-state index in [1.54, 1.807) is 12.1 Å². The molecule has 1 heterocycles. The summed E-state index contributed by atoms with van der Waals surface area (Å²) in [4.78, 5) is 0. The average Bonchev–Trinajstić information content (AvgIpc) is 2.57. The molecule has 1 aromatic heterocycles. The predicted molar refractivity (Wildman–Crippen MR) is 61.7 cm³/mol. The van der Waals surface area contributed by atoms with Crippen molar-refractivity contribution >= 4 is 5.69 Å². The minimum absolute atomic E-state index is 0.225. The van der Waals surface area contributed by atoms with Crippen LogP contribution in [0.4, 0.5) is 10.1 Å². The maximum absolute atomic E-state index is 12.7. The van der Waals surface area contributed by atoms with Crippen molar-refractivity contribution in [3.63, 3.8) is 0 Å². The van der Waals surface area contributed by atoms with E-state index in [1.807, 2.05) is 24.6 Å². The van der Waals surface area contributed by atoms with Gasteiger partial charge in [-0.2, -0.15) is 5.10 Å². The van der Waals surface area contributed by atoms with Crippen molar-refractivity contribution in [3.05, 3.63) is 47.5 Å². The topological polar surface area (TPSA) is 29.9 Å². The second-order valence-corrected chi connectivity index (χ2v) is 3.77. The van der Waals surface area contributed by atoms with Crippen molar-refractivity contribution in [2.45, 2.75) is 20.5 Å². The number of anilines is 1. The number of hydrogen-bond acceptors (Lipinski definition) is 2. The van der Waals surface area contributed by atoms with Crippen LogP contribution in [-0.2, 0) is 6.67 Å². The Hall–Kier alpha value is -1.84. The smallest absolute Gasteiger partial charge is 0.123 e. The van der Waals surface area contributed by atoms with Gasteiger partial charge in [0.25, 0.3) is 0 Å². The molecular formula is C12H14FN3. The molecule has 0 aliphatic carbocycles. The Kier molecular flexibility index (Phi) is 2.90. The number of rotatable bonds is 3. The summed E-state index contributed by atoms with van der Waals surface area (Å²) in [5, 5.41) is 7.50. The minimum atomic E-state index is -0.225. The van der Waals surface area contributed by atoms with E-state index in [0.717, 1.165) is 17.1 Å². The standard InChI is InChI=1S/C12H14FN3/c1-9-7-10(2)16(15-9)8-14-12-5-3-11(13)4-6-12/h3-7,14H,8H2,1-2H3. The Morgan fingerprint density at radius 1 is 1.25 bits per heavy atom. The van der Waals surface area contributed by atoms with Crippen LogP contribution in [0.2, 0.25) is 0 Å². The van der Waals surface area contributed by atoms with E-state index in [1.165, 1.54) is 12.1 Å². The van der Waals surface area contributed by atoms with Gasteiger partial charge in [0, 0.05) is 11.4 Å². The zero-order valence-corrected chi connectivity index (χ0v) is 9.37. The Balaban J connectivity index is 2.02. The van der Waals surface area contributed by atoms with Crippen LogP contribution in [0.3, 0.4) is 0 Å². The van der Waals surface area contributed by atoms with Gasteiger partial charge in [0.2, 0.25) is 0 Å². The summed E-state index contributed by atoms with van der Waals surface area (Å²) in [7, 11) is 0. The number of nitrogens with zero attached hydrogens (tertiary/aromatic N) is 2. The Bertz CT molecular complexity index is 474. The van der Waals surface area contributed by atoms with E-state index >= 15 is 0 Å². The van der Waals surface area contributed by atoms with Gasteiger partial charge in [-0.15, -0.1) is 0 Å². The number of hydrogen-bond donors (Lipinski definition) is 1. The molecule has 0 saturated carbocycles. The van der Waals surface area contributed by atoms with Gasteiger partial charge < -0.3 is 5.32 Å². The molecule has 16 heavy (non-hydrogen) atoms. The van der Waals surface area contributed by atoms with Crippen LogP contribution in [0.1, 0.15) is 11.4 Å². The molecule has 1 aromatic carbocycles. The Morgan fingerprint density at radius 2 is 1.94 bits per heavy atom. The van der Waals surface area contributed by atoms with Crippen LogP contribution >= 0.6 is 0 Å². The summed E-state index contributed by atoms with van der Waals surface area (Å²) in [6, 6.07) is 8.31. The van der Waals surface area contributed by atoms with Crippen LogP contribution in [0.25, 0.3) is 0 Å². The van der Waals surface area contributed by atoms with Crippen molar-refractivity contribution in [3.8, 4) is 0 Å². The molecule has 2 rings (SSSR count). The van der Waals surface area contributed by atoms with Crippen molar-refractivity contribution in [2.24, 2.45) is 0 Å². The van der Waals surface area contributed by atoms with E-state index in [4.69, 9.17) is 0 Å². The monoisotopic (exact) mass is 219 g/mol. The highest BCUT2D eigenvalue weighted by molar-refractivity contribution is 5.42. The SMILES string of the molecule is Cc1cc(C)n(CNc2ccc(F)cc2)n1. The van der Waals surface area contributed by atoms with Gasteiger partial charge in [0.05, 0.1) is 5.69 Å². The summed E-state index contributed by atoms with van der Waals surface area (Å²) in [5.41, 5.74) is 2.99. The van der Waals surface area contributed by atoms with Gasteiger partial charge >= 0.3 is 0 Å². The first-order chi connectivity index (χ1) is 7.65. The number of aromatic nitrogens is 2. The third-order valence-electron chi connectivity index (χ3n) is 2.38. The van der Waals surface area contributed by atoms with Gasteiger partial charge in [0.15, 0.2) is 0 Å². The lowest BCUT2D eigenvalue weighted by molar-refractivity contribution is 0.626. The molecule has 0 amide bonds. The summed E-state index contributed by atoms with van der Waals surface area (Å²) in [5.74, 6) is -0.225. The Labute approximate surface area is 93.9 Å². The first-order valence-corrected chi connectivity index (χ1v) is 5.15. The van der Waals surface area contributed by atoms with Crippen LogP contribution in [0.5, 0.6) is 0 Å². The molecule has 0 spiro atoms. The quantitative estimate of drug-likeness (QED) is 0.860. The van der Waals surface area contributed by atoms with E-state index in [2.05, 4.69) is 10.4 Å². The molecule has 0 fully saturated rings. The molecule has 0 radical (unpaired) electrons. The third-order valence-corrected chi connectivity index (χ3v) is 2.38. The first-order valence-electron chi connectivity index (χ1n) is 5.15. The molecule has 84 valence electrons. The predicted octanol–water partition coefficient (Wildman–Crippen LogP) is 2.71. The molecule has 0 aliphatic heterocycles. The summed E-state index contributed by atoms with van der Waals surface area (Å²) >= 11 is 0. The van der Waals surface area contributed by atoms with E-state index < -0.39 is 0 Å². The number of nitrogens with one attached hydrogen (secondary N) is 1. The molecule has 0 bridgehead atoms. The van der Waals surface area contributed by atoms with Gasteiger partial charge in [-0.3, -0.25) is 4.68 Å². The normalized spacial score (nSPS) is 10.4. The number of halogens is 1. The zero-order valence-electron chi connectivity index (χ0n) is 9.37. The van der Waals surface area contributed by atoms with Crippen molar-refractivity contribution < 1.29 is 4.39 Å². The molecule has 3 nitrogen and oxygen atoms in total. The highest BCUT2D eigenvalue weighted by atomic mass is 19.1. The largest absolute Gasteiger partial charge is 0.366 e. The number of aryl methyl sites for hydroxylation is 2. The Morgan fingerprint density at radius 3 is 2.50 bits per heavy atom. The van der Waals surface area contributed by atoms with E-state index in [9.17, 15) is 4.39 Å². The minimum Gasteiger partial charge on any atom is -0.366 e. The lowest BCUT2D eigenvalue weighted by Crippen LogP contribution is -2.10. The fraction of sp³-hybridized carbons (Fsp3) is 0.250. The zero-order chi connectivity index (χ0) is 11.5. The maximum Gasteiger partial charge on any atom is 0.123 e. The van der Waals surface area contributed by atoms with E-state index in [-0.39, 0.29) is 5.82 Å². The van der Waals surface area contributed by atoms with Crippen LogP contribution < -0.4 is 5.32 Å². The summed E-state index contributed by atoms with van der Waals surface area (Å²) < 4.78 is 14.5. The van der Waals surface area contributed by atoms with Crippen molar-refractivity contribution in [2.75, 3.05) is 5.32 Å². The van der Waals surface area contributed by atoms with Gasteiger partial charge in [-0.1, -0.05) is 0 Å². The molecular weight excluding hydrogens is 205 g/mol. The lowest BCUT2D eigenvalue weighted by atomic mass is 10.3. The van der Waals surface area contributed by atoms with Gasteiger partial charge in [0.1, 0.15) is 12.5 Å². The fourth-order valence-electron chi connectivity index (χ4n) is 1.57. The van der Waals surface area contributed by atoms with Crippen LogP contribution in [-0.4, -0.2) is 9.78 Å². The molecule has 0 unspecified atom stereocenters. The van der Waals surface area contributed by atoms with Crippen molar-refractivity contribution in [1.29, 1.82) is 0 Å². The lowest BCUT2D eigenvalue weighted by Gasteiger charge is -2.07. The summed E-state index contributed by atoms with van der Waals surface area (Å²) in [6.45, 7) is 4.55. The maximum atomic E-state index is 12.7. The molecule has 1 N–H and O–H groups in total. The summed E-state index contributed by atoms with van der Waals surface area (Å²) in [6.07, 6.45) is 0. The van der Waals surface area contributed by atoms with Crippen molar-refractivity contribution in [1.82, 2.24) is 9.78 Å². The highest BCUT2D eigenvalue weighted by Crippen LogP contribution is 2.09. The first kappa shape index (κ1) is 10.7. The molecule has 2 aromatic rings. The average molecular weight is 219 g/mol. The fourth-order valence-corrected chi connectivity index (χ4v) is 1.57. The molecule has 0 aliphatic rings. The van der Waals surface area contributed by atoms with Crippen LogP contribution in [0, 0.1) is 19.7 Å². The second-order valence-electron chi connectivity index (χ2n) is 3.77. The number of benzene rings is 1. The van der Waals surface area contributed by atoms with Gasteiger partial charge in [-0.25, -0.2) is 4.39 Å². The third kappa shape index (κ3) is 2.39. The molecule has 0 atom stereocenters.